The van der Waals surface area contributed by atoms with Gasteiger partial charge in [0.25, 0.3) is 5.91 Å². The number of nitrogens with zero attached hydrogens (tertiary/aromatic N) is 2. The van der Waals surface area contributed by atoms with Gasteiger partial charge in [0.2, 0.25) is 0 Å². The Balaban J connectivity index is 2.29. The van der Waals surface area contributed by atoms with Crippen molar-refractivity contribution >= 4 is 5.91 Å². The highest BCUT2D eigenvalue weighted by molar-refractivity contribution is 5.85. The van der Waals surface area contributed by atoms with Gasteiger partial charge in [-0.1, -0.05) is 30.3 Å². The molecule has 37 heavy (non-hydrogen) atoms. The molecule has 212 valence electrons. The average Bonchev–Trinajstić information content (AvgIpc) is 2.78. The van der Waals surface area contributed by atoms with E-state index in [1.54, 1.807) is 30.3 Å². The molecule has 0 saturated carbocycles. The largest absolute Gasteiger partial charge is 0.460 e. The first kappa shape index (κ1) is 30.8. The minimum absolute atomic E-state index is 0.155. The maximum Gasteiger partial charge on any atom is 0.460 e. The Morgan fingerprint density at radius 2 is 1.00 bits per heavy atom. The van der Waals surface area contributed by atoms with Gasteiger partial charge in [-0.25, -0.2) is 0 Å². The summed E-state index contributed by atoms with van der Waals surface area (Å²) in [4.78, 5) is 13.2. The number of carbonyl (C=O) groups excluding carboxylic acids is 1. The Labute approximate surface area is 197 Å². The van der Waals surface area contributed by atoms with Crippen molar-refractivity contribution in [3.05, 3.63) is 35.9 Å². The molecule has 0 radical (unpaired) electrons. The summed E-state index contributed by atoms with van der Waals surface area (Å²) >= 11 is 0. The summed E-state index contributed by atoms with van der Waals surface area (Å²) in [6.07, 6.45) is -7.68. The molecule has 0 aromatic heterocycles. The van der Waals surface area contributed by atoms with E-state index >= 15 is 0 Å². The van der Waals surface area contributed by atoms with Crippen molar-refractivity contribution in [2.45, 2.75) is 48.3 Å². The molecule has 1 fully saturated rings. The van der Waals surface area contributed by atoms with Crippen LogP contribution in [0, 0.1) is 0 Å². The number of piperazine rings is 1. The molecule has 0 N–H and O–H groups in total. The molecule has 1 amide bonds. The van der Waals surface area contributed by atoms with Gasteiger partial charge in [0.1, 0.15) is 0 Å². The van der Waals surface area contributed by atoms with Crippen molar-refractivity contribution in [1.29, 1.82) is 0 Å². The highest BCUT2D eigenvalue weighted by Gasteiger charge is 2.94. The van der Waals surface area contributed by atoms with Crippen LogP contribution < -0.4 is 0 Å². The molecule has 0 bridgehead atoms. The van der Waals surface area contributed by atoms with Crippen LogP contribution in [0.3, 0.4) is 0 Å². The van der Waals surface area contributed by atoms with E-state index in [1.165, 1.54) is 4.90 Å². The van der Waals surface area contributed by atoms with Crippen molar-refractivity contribution in [3.8, 4) is 0 Å². The van der Waals surface area contributed by atoms with Gasteiger partial charge in [0.05, 0.1) is 0 Å². The van der Waals surface area contributed by atoms with Crippen LogP contribution in [0.4, 0.5) is 65.9 Å². The summed E-state index contributed by atoms with van der Waals surface area (Å²) < 4.78 is 200. The Morgan fingerprint density at radius 1 is 0.595 bits per heavy atom. The predicted molar refractivity (Wildman–Crippen MR) is 94.0 cm³/mol. The lowest BCUT2D eigenvalue weighted by Gasteiger charge is -2.42. The maximum absolute atomic E-state index is 14.1. The number of hydrogen-bond acceptors (Lipinski definition) is 2. The van der Waals surface area contributed by atoms with E-state index in [2.05, 4.69) is 0 Å². The van der Waals surface area contributed by atoms with Gasteiger partial charge in [-0.3, -0.25) is 9.69 Å². The number of rotatable bonds is 8. The second kappa shape index (κ2) is 9.41. The van der Waals surface area contributed by atoms with Gasteiger partial charge >= 0.3 is 41.7 Å². The molecular weight excluding hydrogens is 557 g/mol. The van der Waals surface area contributed by atoms with Crippen molar-refractivity contribution in [3.63, 3.8) is 0 Å². The van der Waals surface area contributed by atoms with Gasteiger partial charge in [-0.2, -0.15) is 65.9 Å². The van der Waals surface area contributed by atoms with E-state index in [0.29, 0.717) is 5.56 Å². The molecule has 0 spiro atoms. The van der Waals surface area contributed by atoms with E-state index < -0.39 is 60.7 Å². The van der Waals surface area contributed by atoms with E-state index in [4.69, 9.17) is 0 Å². The number of hydrogen-bond donors (Lipinski definition) is 0. The minimum Gasteiger partial charge on any atom is -0.335 e. The van der Waals surface area contributed by atoms with E-state index in [-0.39, 0.29) is 24.5 Å². The lowest BCUT2D eigenvalue weighted by Crippen LogP contribution is -2.74. The first-order valence-electron chi connectivity index (χ1n) is 9.86. The molecule has 0 aliphatic carbocycles. The summed E-state index contributed by atoms with van der Waals surface area (Å²) in [5.41, 5.74) is 0.678. The van der Waals surface area contributed by atoms with Crippen molar-refractivity contribution in [2.24, 2.45) is 0 Å². The maximum atomic E-state index is 14.1. The molecule has 3 nitrogen and oxygen atoms in total. The molecule has 18 heteroatoms. The lowest BCUT2D eigenvalue weighted by molar-refractivity contribution is -0.449. The molecule has 1 aliphatic heterocycles. The Hall–Kier alpha value is -2.40. The van der Waals surface area contributed by atoms with Crippen LogP contribution in [0.2, 0.25) is 0 Å². The first-order valence-corrected chi connectivity index (χ1v) is 9.86. The smallest absolute Gasteiger partial charge is 0.335 e. The second-order valence-electron chi connectivity index (χ2n) is 8.00. The predicted octanol–water partition coefficient (Wildman–Crippen LogP) is 5.70. The lowest BCUT2D eigenvalue weighted by atomic mass is 9.90. The number of amides is 1. The van der Waals surface area contributed by atoms with Crippen LogP contribution in [0.1, 0.15) is 5.56 Å². The van der Waals surface area contributed by atoms with Crippen LogP contribution in [-0.4, -0.2) is 83.6 Å². The van der Waals surface area contributed by atoms with Crippen LogP contribution >= 0.6 is 0 Å². The van der Waals surface area contributed by atoms with Crippen molar-refractivity contribution in [1.82, 2.24) is 9.80 Å². The van der Waals surface area contributed by atoms with Gasteiger partial charge in [0.15, 0.2) is 0 Å². The highest BCUT2D eigenvalue weighted by atomic mass is 19.4. The second-order valence-corrected chi connectivity index (χ2v) is 8.00. The number of carbonyl (C=O) groups is 1. The summed E-state index contributed by atoms with van der Waals surface area (Å²) in [6.45, 7) is -2.22. The zero-order chi connectivity index (χ0) is 28.9. The molecule has 0 unspecified atom stereocenters. The summed E-state index contributed by atoms with van der Waals surface area (Å²) in [6, 6.07) is 8.17. The molecule has 1 aromatic carbocycles. The van der Waals surface area contributed by atoms with Gasteiger partial charge in [0, 0.05) is 32.7 Å². The zero-order valence-corrected chi connectivity index (χ0v) is 17.9. The third-order valence-electron chi connectivity index (χ3n) is 5.50. The number of halogens is 15. The molecule has 1 aromatic rings. The van der Waals surface area contributed by atoms with Gasteiger partial charge in [-0.15, -0.1) is 0 Å². The minimum atomic E-state index is -8.42. The van der Waals surface area contributed by atoms with Gasteiger partial charge < -0.3 is 4.90 Å². The first-order chi connectivity index (χ1) is 16.5. The monoisotopic (exact) mass is 572 g/mol. The van der Waals surface area contributed by atoms with E-state index in [1.807, 2.05) is 0 Å². The van der Waals surface area contributed by atoms with Crippen LogP contribution in [0.15, 0.2) is 30.3 Å². The summed E-state index contributed by atoms with van der Waals surface area (Å²) in [5.74, 6) is -51.1. The van der Waals surface area contributed by atoms with Crippen LogP contribution in [0.5, 0.6) is 0 Å². The molecule has 1 aliphatic rings. The molecule has 1 saturated heterocycles. The van der Waals surface area contributed by atoms with E-state index in [9.17, 15) is 70.7 Å². The zero-order valence-electron chi connectivity index (χ0n) is 17.9. The van der Waals surface area contributed by atoms with Crippen LogP contribution in [0.25, 0.3) is 0 Å². The standard InChI is InChI=1S/C19H15F15N2O/c20-13(21,12(37)36-8-6-35(7-9-36)10-11-4-2-1-3-5-11)14(22,23)15(24,25)16(26,27)17(28,29)18(30,31)19(32,33)34/h1-5H,6-10H2. The van der Waals surface area contributed by atoms with Crippen molar-refractivity contribution in [2.75, 3.05) is 26.2 Å². The molecular formula is C19H15F15N2O. The van der Waals surface area contributed by atoms with E-state index in [0.717, 1.165) is 0 Å². The fraction of sp³-hybridized carbons (Fsp3) is 0.632. The SMILES string of the molecule is O=C(N1CCN(Cc2ccccc2)CC1)C(F)(F)C(F)(F)C(F)(F)C(F)(F)C(F)(F)C(F)(F)C(F)(F)F. The fourth-order valence-corrected chi connectivity index (χ4v) is 3.25. The highest BCUT2D eigenvalue weighted by Crippen LogP contribution is 2.62. The Bertz CT molecular complexity index is 954. The third kappa shape index (κ3) is 4.80. The average molecular weight is 572 g/mol. The Morgan fingerprint density at radius 3 is 1.43 bits per heavy atom. The third-order valence-corrected chi connectivity index (χ3v) is 5.50. The Kier molecular flexibility index (Phi) is 7.84. The number of benzene rings is 1. The van der Waals surface area contributed by atoms with Crippen LogP contribution in [-0.2, 0) is 11.3 Å². The quantitative estimate of drug-likeness (QED) is 0.373. The van der Waals surface area contributed by atoms with Crippen molar-refractivity contribution < 1.29 is 70.7 Å². The fourth-order valence-electron chi connectivity index (χ4n) is 3.25. The molecule has 1 heterocycles. The molecule has 0 atom stereocenters. The molecule has 2 rings (SSSR count). The summed E-state index contributed by atoms with van der Waals surface area (Å²) in [7, 11) is 0. The van der Waals surface area contributed by atoms with Gasteiger partial charge in [-0.05, 0) is 5.56 Å². The summed E-state index contributed by atoms with van der Waals surface area (Å²) in [5, 5.41) is 0. The number of alkyl halides is 15. The topological polar surface area (TPSA) is 23.6 Å². The normalized spacial score (nSPS) is 17.8.